The molecule has 2 rings (SSSR count). The molecule has 2 aromatic rings. The SMILES string of the molecule is CCn1c(COC)cc2cc(Br)ccc21. The van der Waals surface area contributed by atoms with Crippen LogP contribution in [0.5, 0.6) is 0 Å². The molecular formula is C12H14BrNO. The normalized spacial score (nSPS) is 11.1. The molecule has 0 atom stereocenters. The summed E-state index contributed by atoms with van der Waals surface area (Å²) in [4.78, 5) is 0. The summed E-state index contributed by atoms with van der Waals surface area (Å²) in [5, 5.41) is 1.26. The maximum absolute atomic E-state index is 5.20. The van der Waals surface area contributed by atoms with Gasteiger partial charge in [-0.15, -0.1) is 0 Å². The van der Waals surface area contributed by atoms with Crippen LogP contribution in [0.1, 0.15) is 12.6 Å². The lowest BCUT2D eigenvalue weighted by Crippen LogP contribution is -2.00. The molecule has 80 valence electrons. The molecule has 0 N–H and O–H groups in total. The Morgan fingerprint density at radius 3 is 2.80 bits per heavy atom. The van der Waals surface area contributed by atoms with Crippen LogP contribution in [0.2, 0.25) is 0 Å². The predicted molar refractivity (Wildman–Crippen MR) is 66.0 cm³/mol. The number of aromatic nitrogens is 1. The van der Waals surface area contributed by atoms with Crippen molar-refractivity contribution in [2.75, 3.05) is 7.11 Å². The van der Waals surface area contributed by atoms with Gasteiger partial charge in [-0.2, -0.15) is 0 Å². The fourth-order valence-corrected chi connectivity index (χ4v) is 2.32. The maximum atomic E-state index is 5.20. The molecule has 0 fully saturated rings. The van der Waals surface area contributed by atoms with E-state index in [0.717, 1.165) is 11.0 Å². The first-order valence-corrected chi connectivity index (χ1v) is 5.82. The third-order valence-electron chi connectivity index (χ3n) is 2.56. The van der Waals surface area contributed by atoms with Gasteiger partial charge in [0.2, 0.25) is 0 Å². The van der Waals surface area contributed by atoms with Gasteiger partial charge in [-0.1, -0.05) is 15.9 Å². The zero-order valence-electron chi connectivity index (χ0n) is 8.96. The fraction of sp³-hybridized carbons (Fsp3) is 0.333. The predicted octanol–water partition coefficient (Wildman–Crippen LogP) is 3.57. The van der Waals surface area contributed by atoms with Crippen LogP contribution < -0.4 is 0 Å². The van der Waals surface area contributed by atoms with Crippen LogP contribution in [0.3, 0.4) is 0 Å². The van der Waals surface area contributed by atoms with Gasteiger partial charge in [0, 0.05) is 34.7 Å². The Bertz CT molecular complexity index is 476. The van der Waals surface area contributed by atoms with Crippen LogP contribution >= 0.6 is 15.9 Å². The van der Waals surface area contributed by atoms with Gasteiger partial charge >= 0.3 is 0 Å². The molecule has 1 heterocycles. The van der Waals surface area contributed by atoms with E-state index in [9.17, 15) is 0 Å². The Morgan fingerprint density at radius 1 is 1.33 bits per heavy atom. The van der Waals surface area contributed by atoms with E-state index in [2.05, 4.69) is 51.7 Å². The van der Waals surface area contributed by atoms with Crippen LogP contribution in [0, 0.1) is 0 Å². The molecular weight excluding hydrogens is 254 g/mol. The summed E-state index contributed by atoms with van der Waals surface area (Å²) in [6.07, 6.45) is 0. The first-order chi connectivity index (χ1) is 7.26. The van der Waals surface area contributed by atoms with E-state index >= 15 is 0 Å². The van der Waals surface area contributed by atoms with Crippen molar-refractivity contribution >= 4 is 26.8 Å². The van der Waals surface area contributed by atoms with Crippen molar-refractivity contribution in [2.45, 2.75) is 20.1 Å². The molecule has 1 aromatic heterocycles. The van der Waals surface area contributed by atoms with Gasteiger partial charge in [0.15, 0.2) is 0 Å². The number of hydrogen-bond acceptors (Lipinski definition) is 1. The van der Waals surface area contributed by atoms with Crippen molar-refractivity contribution in [3.8, 4) is 0 Å². The molecule has 2 nitrogen and oxygen atoms in total. The Labute approximate surface area is 98.0 Å². The zero-order valence-corrected chi connectivity index (χ0v) is 10.5. The molecule has 0 radical (unpaired) electrons. The minimum Gasteiger partial charge on any atom is -0.378 e. The highest BCUT2D eigenvalue weighted by molar-refractivity contribution is 9.10. The van der Waals surface area contributed by atoms with E-state index in [1.807, 2.05) is 0 Å². The van der Waals surface area contributed by atoms with Crippen LogP contribution in [0.25, 0.3) is 10.9 Å². The summed E-state index contributed by atoms with van der Waals surface area (Å²) in [7, 11) is 1.73. The second kappa shape index (κ2) is 4.37. The van der Waals surface area contributed by atoms with Gasteiger partial charge in [0.05, 0.1) is 6.61 Å². The minimum absolute atomic E-state index is 0.667. The number of fused-ring (bicyclic) bond motifs is 1. The standard InChI is InChI=1S/C12H14BrNO/c1-3-14-11(8-15-2)7-9-6-10(13)4-5-12(9)14/h4-7H,3,8H2,1-2H3. The number of hydrogen-bond donors (Lipinski definition) is 0. The highest BCUT2D eigenvalue weighted by atomic mass is 79.9. The molecule has 15 heavy (non-hydrogen) atoms. The van der Waals surface area contributed by atoms with E-state index in [1.54, 1.807) is 7.11 Å². The van der Waals surface area contributed by atoms with Crippen LogP contribution in [-0.2, 0) is 17.9 Å². The molecule has 0 amide bonds. The third-order valence-corrected chi connectivity index (χ3v) is 3.05. The second-order valence-electron chi connectivity index (χ2n) is 3.52. The van der Waals surface area contributed by atoms with Crippen molar-refractivity contribution < 1.29 is 4.74 Å². The van der Waals surface area contributed by atoms with Crippen molar-refractivity contribution in [3.63, 3.8) is 0 Å². The van der Waals surface area contributed by atoms with Crippen LogP contribution in [0.15, 0.2) is 28.7 Å². The molecule has 0 aliphatic heterocycles. The molecule has 0 aliphatic carbocycles. The van der Waals surface area contributed by atoms with Gasteiger partial charge < -0.3 is 9.30 Å². The highest BCUT2D eigenvalue weighted by Gasteiger charge is 2.06. The number of benzene rings is 1. The third kappa shape index (κ3) is 1.94. The first kappa shape index (κ1) is 10.7. The zero-order chi connectivity index (χ0) is 10.8. The molecule has 0 spiro atoms. The summed E-state index contributed by atoms with van der Waals surface area (Å²) in [6.45, 7) is 3.80. The molecule has 1 aromatic carbocycles. The molecule has 0 saturated heterocycles. The summed E-state index contributed by atoms with van der Waals surface area (Å²) in [6, 6.07) is 8.54. The van der Waals surface area contributed by atoms with E-state index in [1.165, 1.54) is 16.6 Å². The average Bonchev–Trinajstić information content (AvgIpc) is 2.54. The lowest BCUT2D eigenvalue weighted by molar-refractivity contribution is 0.178. The molecule has 0 unspecified atom stereocenters. The van der Waals surface area contributed by atoms with Gasteiger partial charge in [0.25, 0.3) is 0 Å². The summed E-state index contributed by atoms with van der Waals surface area (Å²) in [5.74, 6) is 0. The maximum Gasteiger partial charge on any atom is 0.0864 e. The Hall–Kier alpha value is -0.800. The van der Waals surface area contributed by atoms with Gasteiger partial charge in [0.1, 0.15) is 0 Å². The van der Waals surface area contributed by atoms with E-state index in [0.29, 0.717) is 6.61 Å². The van der Waals surface area contributed by atoms with Crippen molar-refractivity contribution in [1.82, 2.24) is 4.57 Å². The smallest absolute Gasteiger partial charge is 0.0864 e. The topological polar surface area (TPSA) is 14.2 Å². The Balaban J connectivity index is 2.62. The molecule has 0 aliphatic rings. The van der Waals surface area contributed by atoms with Gasteiger partial charge in [-0.05, 0) is 31.2 Å². The quantitative estimate of drug-likeness (QED) is 0.830. The summed E-state index contributed by atoms with van der Waals surface area (Å²) >= 11 is 3.49. The monoisotopic (exact) mass is 267 g/mol. The summed E-state index contributed by atoms with van der Waals surface area (Å²) < 4.78 is 8.60. The van der Waals surface area contributed by atoms with E-state index in [-0.39, 0.29) is 0 Å². The van der Waals surface area contributed by atoms with Gasteiger partial charge in [-0.25, -0.2) is 0 Å². The first-order valence-electron chi connectivity index (χ1n) is 5.03. The number of nitrogens with zero attached hydrogens (tertiary/aromatic N) is 1. The minimum atomic E-state index is 0.667. The second-order valence-corrected chi connectivity index (χ2v) is 4.43. The van der Waals surface area contributed by atoms with Gasteiger partial charge in [-0.3, -0.25) is 0 Å². The number of rotatable bonds is 3. The number of aryl methyl sites for hydroxylation is 1. The van der Waals surface area contributed by atoms with Crippen molar-refractivity contribution in [2.24, 2.45) is 0 Å². The highest BCUT2D eigenvalue weighted by Crippen LogP contribution is 2.24. The number of ether oxygens (including phenoxy) is 1. The molecule has 3 heteroatoms. The lowest BCUT2D eigenvalue weighted by Gasteiger charge is -2.06. The lowest BCUT2D eigenvalue weighted by atomic mass is 10.2. The van der Waals surface area contributed by atoms with Crippen molar-refractivity contribution in [3.05, 3.63) is 34.4 Å². The Kier molecular flexibility index (Phi) is 3.12. The van der Waals surface area contributed by atoms with Crippen LogP contribution in [0.4, 0.5) is 0 Å². The summed E-state index contributed by atoms with van der Waals surface area (Å²) in [5.41, 5.74) is 2.50. The number of methoxy groups -OCH3 is 1. The molecule has 0 bridgehead atoms. The van der Waals surface area contributed by atoms with Crippen molar-refractivity contribution in [1.29, 1.82) is 0 Å². The van der Waals surface area contributed by atoms with E-state index in [4.69, 9.17) is 4.74 Å². The molecule has 0 saturated carbocycles. The van der Waals surface area contributed by atoms with Crippen LogP contribution in [-0.4, -0.2) is 11.7 Å². The fourth-order valence-electron chi connectivity index (χ4n) is 1.94. The van der Waals surface area contributed by atoms with E-state index < -0.39 is 0 Å². The Morgan fingerprint density at radius 2 is 2.13 bits per heavy atom. The average molecular weight is 268 g/mol. The largest absolute Gasteiger partial charge is 0.378 e. The number of halogens is 1.